The molecule has 1 atom stereocenters. The molecule has 0 aromatic heterocycles. The van der Waals surface area contributed by atoms with Crippen LogP contribution >= 0.6 is 15.9 Å². The summed E-state index contributed by atoms with van der Waals surface area (Å²) in [7, 11) is 3.34. The van der Waals surface area contributed by atoms with Gasteiger partial charge in [-0.15, -0.1) is 0 Å². The lowest BCUT2D eigenvalue weighted by molar-refractivity contribution is 0.399. The summed E-state index contributed by atoms with van der Waals surface area (Å²) in [5, 5.41) is 0. The lowest BCUT2D eigenvalue weighted by atomic mass is 10.0. The predicted molar refractivity (Wildman–Crippen MR) is 76.8 cm³/mol. The van der Waals surface area contributed by atoms with Crippen LogP contribution in [0.2, 0.25) is 0 Å². The monoisotopic (exact) mass is 306 g/mol. The third-order valence-corrected chi connectivity index (χ3v) is 3.82. The topological polar surface area (TPSA) is 18.5 Å². The van der Waals surface area contributed by atoms with E-state index in [0.29, 0.717) is 0 Å². The summed E-state index contributed by atoms with van der Waals surface area (Å²) in [5.74, 6) is 1.67. The first-order valence-electron chi connectivity index (χ1n) is 5.67. The first kappa shape index (κ1) is 13.0. The average molecular weight is 307 g/mol. The summed E-state index contributed by atoms with van der Waals surface area (Å²) >= 11 is 3.71. The summed E-state index contributed by atoms with van der Waals surface area (Å²) in [4.78, 5) is 0.0868. The molecule has 2 nitrogen and oxygen atoms in total. The molecular formula is C15H15BrO2. The summed E-state index contributed by atoms with van der Waals surface area (Å²) in [5.41, 5.74) is 2.24. The van der Waals surface area contributed by atoms with Crippen molar-refractivity contribution < 1.29 is 9.47 Å². The smallest absolute Gasteiger partial charge is 0.123 e. The number of hydrogen-bond acceptors (Lipinski definition) is 2. The van der Waals surface area contributed by atoms with Gasteiger partial charge in [0.1, 0.15) is 11.5 Å². The fourth-order valence-electron chi connectivity index (χ4n) is 1.84. The van der Waals surface area contributed by atoms with E-state index in [-0.39, 0.29) is 4.83 Å². The molecule has 0 heterocycles. The largest absolute Gasteiger partial charge is 0.497 e. The Bertz CT molecular complexity index is 511. The second-order valence-corrected chi connectivity index (χ2v) is 4.80. The molecule has 2 aromatic rings. The highest BCUT2D eigenvalue weighted by molar-refractivity contribution is 9.09. The van der Waals surface area contributed by atoms with Gasteiger partial charge in [-0.05, 0) is 23.8 Å². The van der Waals surface area contributed by atoms with Crippen molar-refractivity contribution in [3.63, 3.8) is 0 Å². The van der Waals surface area contributed by atoms with E-state index < -0.39 is 0 Å². The van der Waals surface area contributed by atoms with Crippen LogP contribution in [0.15, 0.2) is 48.5 Å². The highest BCUT2D eigenvalue weighted by Gasteiger charge is 2.15. The molecule has 18 heavy (non-hydrogen) atoms. The zero-order valence-electron chi connectivity index (χ0n) is 10.4. The molecule has 0 bridgehead atoms. The number of alkyl halides is 1. The van der Waals surface area contributed by atoms with Gasteiger partial charge in [0.15, 0.2) is 0 Å². The molecule has 0 spiro atoms. The van der Waals surface area contributed by atoms with Gasteiger partial charge in [-0.2, -0.15) is 0 Å². The molecule has 0 aliphatic rings. The Labute approximate surface area is 116 Å². The van der Waals surface area contributed by atoms with Crippen LogP contribution in [-0.4, -0.2) is 14.2 Å². The number of halogens is 1. The molecule has 2 aromatic carbocycles. The van der Waals surface area contributed by atoms with Crippen molar-refractivity contribution in [1.29, 1.82) is 0 Å². The molecule has 0 amide bonds. The van der Waals surface area contributed by atoms with Gasteiger partial charge in [-0.25, -0.2) is 0 Å². The van der Waals surface area contributed by atoms with Crippen molar-refractivity contribution in [3.8, 4) is 11.5 Å². The summed E-state index contributed by atoms with van der Waals surface area (Å²) in [6.45, 7) is 0. The summed E-state index contributed by atoms with van der Waals surface area (Å²) in [6, 6.07) is 16.0. The maximum absolute atomic E-state index is 5.40. The van der Waals surface area contributed by atoms with Gasteiger partial charge in [0.05, 0.1) is 19.0 Å². The molecule has 0 fully saturated rings. The lowest BCUT2D eigenvalue weighted by Gasteiger charge is -2.15. The van der Waals surface area contributed by atoms with Crippen molar-refractivity contribution in [2.45, 2.75) is 4.83 Å². The van der Waals surface area contributed by atoms with E-state index in [2.05, 4.69) is 28.1 Å². The Kier molecular flexibility index (Phi) is 4.26. The molecular weight excluding hydrogens is 292 g/mol. The molecule has 0 aliphatic heterocycles. The van der Waals surface area contributed by atoms with E-state index in [9.17, 15) is 0 Å². The van der Waals surface area contributed by atoms with Gasteiger partial charge in [0.2, 0.25) is 0 Å². The molecule has 2 rings (SSSR count). The Balaban J connectivity index is 2.42. The van der Waals surface area contributed by atoms with Crippen LogP contribution in [0.25, 0.3) is 0 Å². The highest BCUT2D eigenvalue weighted by atomic mass is 79.9. The van der Waals surface area contributed by atoms with Crippen LogP contribution < -0.4 is 9.47 Å². The SMILES string of the molecule is COc1ccc(OC)c(C(Br)c2ccccc2)c1. The lowest BCUT2D eigenvalue weighted by Crippen LogP contribution is -1.98. The first-order valence-corrected chi connectivity index (χ1v) is 6.58. The van der Waals surface area contributed by atoms with Crippen molar-refractivity contribution in [1.82, 2.24) is 0 Å². The molecule has 3 heteroatoms. The summed E-state index contributed by atoms with van der Waals surface area (Å²) < 4.78 is 10.7. The van der Waals surface area contributed by atoms with Crippen LogP contribution in [0, 0.1) is 0 Å². The van der Waals surface area contributed by atoms with E-state index >= 15 is 0 Å². The van der Waals surface area contributed by atoms with E-state index in [1.165, 1.54) is 5.56 Å². The van der Waals surface area contributed by atoms with E-state index in [1.54, 1.807) is 14.2 Å². The van der Waals surface area contributed by atoms with Gasteiger partial charge in [-0.3, -0.25) is 0 Å². The molecule has 0 radical (unpaired) electrons. The first-order chi connectivity index (χ1) is 8.76. The van der Waals surface area contributed by atoms with Crippen molar-refractivity contribution in [3.05, 3.63) is 59.7 Å². The molecule has 0 saturated carbocycles. The number of rotatable bonds is 4. The van der Waals surface area contributed by atoms with Crippen LogP contribution in [0.1, 0.15) is 16.0 Å². The minimum atomic E-state index is 0.0868. The predicted octanol–water partition coefficient (Wildman–Crippen LogP) is 4.19. The molecule has 94 valence electrons. The standard InChI is InChI=1S/C15H15BrO2/c1-17-12-8-9-14(18-2)13(10-12)15(16)11-6-4-3-5-7-11/h3-10,15H,1-2H3. The zero-order chi connectivity index (χ0) is 13.0. The van der Waals surface area contributed by atoms with Gasteiger partial charge in [-0.1, -0.05) is 46.3 Å². The quantitative estimate of drug-likeness (QED) is 0.789. The summed E-state index contributed by atoms with van der Waals surface area (Å²) in [6.07, 6.45) is 0. The number of benzene rings is 2. The van der Waals surface area contributed by atoms with Crippen molar-refractivity contribution >= 4 is 15.9 Å². The maximum atomic E-state index is 5.40. The van der Waals surface area contributed by atoms with Gasteiger partial charge < -0.3 is 9.47 Å². The van der Waals surface area contributed by atoms with Crippen molar-refractivity contribution in [2.75, 3.05) is 14.2 Å². The van der Waals surface area contributed by atoms with Gasteiger partial charge >= 0.3 is 0 Å². The number of methoxy groups -OCH3 is 2. The average Bonchev–Trinajstić information content (AvgIpc) is 2.46. The Hall–Kier alpha value is -1.48. The highest BCUT2D eigenvalue weighted by Crippen LogP contribution is 2.38. The van der Waals surface area contributed by atoms with E-state index in [1.807, 2.05) is 36.4 Å². The van der Waals surface area contributed by atoms with Crippen LogP contribution in [0.3, 0.4) is 0 Å². The van der Waals surface area contributed by atoms with Crippen LogP contribution in [0.5, 0.6) is 11.5 Å². The Morgan fingerprint density at radius 3 is 2.28 bits per heavy atom. The third kappa shape index (κ3) is 2.67. The normalized spacial score (nSPS) is 11.9. The molecule has 0 saturated heterocycles. The van der Waals surface area contributed by atoms with E-state index in [4.69, 9.17) is 9.47 Å². The minimum absolute atomic E-state index is 0.0868. The zero-order valence-corrected chi connectivity index (χ0v) is 12.0. The maximum Gasteiger partial charge on any atom is 0.123 e. The molecule has 0 N–H and O–H groups in total. The van der Waals surface area contributed by atoms with E-state index in [0.717, 1.165) is 17.1 Å². The third-order valence-electron chi connectivity index (χ3n) is 2.80. The number of ether oxygens (including phenoxy) is 2. The molecule has 0 aliphatic carbocycles. The second kappa shape index (κ2) is 5.91. The van der Waals surface area contributed by atoms with Crippen LogP contribution in [0.4, 0.5) is 0 Å². The van der Waals surface area contributed by atoms with Gasteiger partial charge in [0.25, 0.3) is 0 Å². The molecule has 1 unspecified atom stereocenters. The van der Waals surface area contributed by atoms with Crippen LogP contribution in [-0.2, 0) is 0 Å². The minimum Gasteiger partial charge on any atom is -0.497 e. The Morgan fingerprint density at radius 2 is 1.67 bits per heavy atom. The number of hydrogen-bond donors (Lipinski definition) is 0. The van der Waals surface area contributed by atoms with Crippen molar-refractivity contribution in [2.24, 2.45) is 0 Å². The van der Waals surface area contributed by atoms with Gasteiger partial charge in [0, 0.05) is 5.56 Å². The Morgan fingerprint density at radius 1 is 0.944 bits per heavy atom. The fraction of sp³-hybridized carbons (Fsp3) is 0.200. The second-order valence-electron chi connectivity index (χ2n) is 3.88. The fourth-order valence-corrected chi connectivity index (χ4v) is 2.50.